The Balaban J connectivity index is 0.00000288. The van der Waals surface area contributed by atoms with E-state index in [4.69, 9.17) is 23.7 Å². The van der Waals surface area contributed by atoms with Crippen LogP contribution in [-0.4, -0.2) is 76.4 Å². The molecular formula is C14H20O9Rf2-2. The average Bonchev–Trinajstić information content (AvgIpc) is 3.08. The van der Waals surface area contributed by atoms with Crippen LogP contribution in [0, 0.1) is 0 Å². The van der Waals surface area contributed by atoms with E-state index in [2.05, 4.69) is 9.47 Å². The van der Waals surface area contributed by atoms with Gasteiger partial charge >= 0.3 is 0 Å². The first-order chi connectivity index (χ1) is 11.0. The van der Waals surface area contributed by atoms with Crippen LogP contribution in [0.5, 0.6) is 0 Å². The van der Waals surface area contributed by atoms with Gasteiger partial charge in [-0.1, -0.05) is 12.9 Å². The Hall–Kier alpha value is -3.26. The summed E-state index contributed by atoms with van der Waals surface area (Å²) in [4.78, 5) is 20.2. The first kappa shape index (κ1) is 21.7. The van der Waals surface area contributed by atoms with Crippen LogP contribution >= 0.6 is 0 Å². The van der Waals surface area contributed by atoms with Crippen LogP contribution in [-0.2, 0) is 42.7 Å². The average molecular weight is 866 g/mol. The van der Waals surface area contributed by atoms with Crippen LogP contribution in [0.4, 0.5) is 0 Å². The molecule has 2 saturated heterocycles. The molecule has 9 nitrogen and oxygen atoms in total. The Bertz CT molecular complexity index is 378. The van der Waals surface area contributed by atoms with Crippen molar-refractivity contribution in [3.8, 4) is 0 Å². The molecule has 2 heterocycles. The van der Waals surface area contributed by atoms with Crippen molar-refractivity contribution >= 4 is 12.9 Å². The summed E-state index contributed by atoms with van der Waals surface area (Å²) in [6.45, 7) is 7.22. The molecule has 0 amide bonds. The fourth-order valence-corrected chi connectivity index (χ4v) is 2.35. The molecule has 25 heavy (non-hydrogen) atoms. The summed E-state index contributed by atoms with van der Waals surface area (Å²) >= 11 is 0. The van der Waals surface area contributed by atoms with E-state index in [0.29, 0.717) is 26.4 Å². The van der Waals surface area contributed by atoms with E-state index in [9.17, 15) is 9.59 Å². The standard InChI is InChI=1S/C14H20O9.2Rf/c1-13(7-18-9-15)20-5-11(22-13)3-17-4-12-6-21-14(2,23-12)8-19-10-16;;/h11-12H,3-8H2,1-2H3;;/q-2;;. The van der Waals surface area contributed by atoms with Crippen molar-refractivity contribution in [1.29, 1.82) is 0 Å². The second-order valence-electron chi connectivity index (χ2n) is 5.65. The van der Waals surface area contributed by atoms with E-state index < -0.39 is 11.6 Å². The second kappa shape index (κ2) is 9.14. The molecule has 2 aliphatic heterocycles. The van der Waals surface area contributed by atoms with E-state index in [1.54, 1.807) is 13.8 Å². The van der Waals surface area contributed by atoms with Crippen molar-refractivity contribution in [2.24, 2.45) is 0 Å². The molecule has 0 aromatic carbocycles. The predicted molar refractivity (Wildman–Crippen MR) is 72.6 cm³/mol. The van der Waals surface area contributed by atoms with Gasteiger partial charge in [0.05, 0.1) is 26.4 Å². The fraction of sp³-hybridized carbons (Fsp3) is 0.857. The van der Waals surface area contributed by atoms with Crippen molar-refractivity contribution in [3.05, 3.63) is 0 Å². The third-order valence-corrected chi connectivity index (χ3v) is 3.38. The predicted octanol–water partition coefficient (Wildman–Crippen LogP) is -0.566. The van der Waals surface area contributed by atoms with Crippen molar-refractivity contribution in [2.75, 3.05) is 39.6 Å². The van der Waals surface area contributed by atoms with Crippen LogP contribution in [0.1, 0.15) is 13.8 Å². The van der Waals surface area contributed by atoms with Gasteiger partial charge < -0.3 is 42.7 Å². The van der Waals surface area contributed by atoms with Gasteiger partial charge in [0.25, 0.3) is 0 Å². The molecule has 136 valence electrons. The van der Waals surface area contributed by atoms with Gasteiger partial charge in [-0.15, -0.1) is 0 Å². The summed E-state index contributed by atoms with van der Waals surface area (Å²) in [5.74, 6) is -1.95. The fourth-order valence-electron chi connectivity index (χ4n) is 2.35. The maximum absolute atomic E-state index is 10.1. The molecule has 0 aromatic rings. The molecule has 2 aliphatic rings. The molecule has 4 atom stereocenters. The summed E-state index contributed by atoms with van der Waals surface area (Å²) in [5.41, 5.74) is 0. The van der Waals surface area contributed by atoms with Crippen LogP contribution < -0.4 is 0 Å². The van der Waals surface area contributed by atoms with Gasteiger partial charge in [0.1, 0.15) is 25.4 Å². The molecular weight excluding hydrogens is 846 g/mol. The van der Waals surface area contributed by atoms with Gasteiger partial charge in [-0.2, -0.15) is 0 Å². The van der Waals surface area contributed by atoms with Crippen LogP contribution in [0.2, 0.25) is 0 Å². The maximum Gasteiger partial charge on any atom is 0.197 e. The van der Waals surface area contributed by atoms with E-state index in [1.807, 2.05) is 0 Å². The van der Waals surface area contributed by atoms with Gasteiger partial charge in [0, 0.05) is 0 Å². The van der Waals surface area contributed by atoms with Crippen LogP contribution in [0.3, 0.4) is 0 Å². The minimum atomic E-state index is -0.973. The third-order valence-electron chi connectivity index (χ3n) is 3.38. The Morgan fingerprint density at radius 3 is 1.64 bits per heavy atom. The number of hydrogen-bond donors (Lipinski definition) is 0. The smallest absolute Gasteiger partial charge is 0.197 e. The van der Waals surface area contributed by atoms with Gasteiger partial charge in [0.2, 0.25) is 0 Å². The Labute approximate surface area is 134 Å². The van der Waals surface area contributed by atoms with Crippen molar-refractivity contribution in [3.63, 3.8) is 0 Å². The molecule has 2 rings (SSSR count). The molecule has 0 bridgehead atoms. The summed E-state index contributed by atoms with van der Waals surface area (Å²) in [6, 6.07) is 0. The minimum Gasteiger partial charge on any atom is -0.649 e. The number of hydrogen-bond acceptors (Lipinski definition) is 9. The van der Waals surface area contributed by atoms with Crippen molar-refractivity contribution in [1.82, 2.24) is 0 Å². The number of ether oxygens (including phenoxy) is 7. The van der Waals surface area contributed by atoms with Gasteiger partial charge in [-0.3, -0.25) is 0 Å². The Kier molecular flexibility index (Phi) is 7.95. The van der Waals surface area contributed by atoms with Gasteiger partial charge in [-0.25, -0.2) is 0 Å². The van der Waals surface area contributed by atoms with Crippen molar-refractivity contribution in [2.45, 2.75) is 37.6 Å². The summed E-state index contributed by atoms with van der Waals surface area (Å²) < 4.78 is 36.8. The molecule has 11 heteroatoms. The second-order valence-corrected chi connectivity index (χ2v) is 5.65. The van der Waals surface area contributed by atoms with E-state index in [-0.39, 0.29) is 25.4 Å². The van der Waals surface area contributed by atoms with Crippen LogP contribution in [0.25, 0.3) is 0 Å². The van der Waals surface area contributed by atoms with Crippen molar-refractivity contribution < 1.29 is 42.7 Å². The molecule has 0 saturated carbocycles. The molecule has 0 radical (unpaired) electrons. The zero-order valence-electron chi connectivity index (χ0n) is 14.5. The zero-order chi connectivity index (χ0) is 16.8. The first-order valence-corrected chi connectivity index (χ1v) is 7.18. The largest absolute Gasteiger partial charge is 0.649 e. The zero-order valence-corrected chi connectivity index (χ0v) is 27.3. The number of rotatable bonds is 10. The third kappa shape index (κ3) is 6.04. The van der Waals surface area contributed by atoms with E-state index >= 15 is 0 Å². The molecule has 0 spiro atoms. The van der Waals surface area contributed by atoms with Gasteiger partial charge in [0.15, 0.2) is 11.6 Å². The topological polar surface area (TPSA) is 98.8 Å². The number of carbonyl (C=O) groups excluding carboxylic acids is 2. The molecule has 0 N–H and O–H groups in total. The molecule has 0 aliphatic carbocycles. The summed E-state index contributed by atoms with van der Waals surface area (Å²) in [7, 11) is 0. The quantitative estimate of drug-likeness (QED) is 0.268. The van der Waals surface area contributed by atoms with Gasteiger partial charge in [-0.05, 0) is 13.8 Å². The Morgan fingerprint density at radius 1 is 0.880 bits per heavy atom. The van der Waals surface area contributed by atoms with E-state index in [0.717, 1.165) is 0 Å². The van der Waals surface area contributed by atoms with E-state index in [1.165, 1.54) is 12.9 Å². The summed E-state index contributed by atoms with van der Waals surface area (Å²) in [6.07, 6.45) is -0.533. The Morgan fingerprint density at radius 2 is 1.28 bits per heavy atom. The SMILES string of the molecule is CC1(CO[C-]=O)OCC(COCC2COC(C)(CO[C-]=O)O2)O1.[Rf].[Rf]. The maximum atomic E-state index is 10.1. The summed E-state index contributed by atoms with van der Waals surface area (Å²) in [5, 5.41) is 0. The van der Waals surface area contributed by atoms with Crippen LogP contribution in [0.15, 0.2) is 0 Å². The minimum absolute atomic E-state index is 0. The molecule has 4 unspecified atom stereocenters. The normalized spacial score (nSPS) is 33.8. The first-order valence-electron chi connectivity index (χ1n) is 7.18. The molecule has 2 fully saturated rings. The monoisotopic (exact) mass is 866 g/mol. The molecule has 0 aromatic heterocycles.